The number of aliphatic hydroxyl groups excluding tert-OH is 1. The van der Waals surface area contributed by atoms with Gasteiger partial charge in [-0.05, 0) is 63.8 Å². The van der Waals surface area contributed by atoms with Crippen LogP contribution in [0.2, 0.25) is 0 Å². The van der Waals surface area contributed by atoms with Gasteiger partial charge >= 0.3 is 0 Å². The average molecular weight is 654 g/mol. The predicted octanol–water partition coefficient (Wildman–Crippen LogP) is 5.93. The molecule has 0 radical (unpaired) electrons. The van der Waals surface area contributed by atoms with Gasteiger partial charge in [-0.3, -0.25) is 14.4 Å². The van der Waals surface area contributed by atoms with Crippen LogP contribution in [0.4, 0.5) is 0 Å². The van der Waals surface area contributed by atoms with Gasteiger partial charge < -0.3 is 25.8 Å². The second kappa shape index (κ2) is 17.8. The zero-order valence-electron chi connectivity index (χ0n) is 28.9. The van der Waals surface area contributed by atoms with Gasteiger partial charge in [0.1, 0.15) is 0 Å². The third kappa shape index (κ3) is 10.1. The molecule has 1 unspecified atom stereocenters. The summed E-state index contributed by atoms with van der Waals surface area (Å²) < 4.78 is 5.51. The minimum atomic E-state index is -1.29. The van der Waals surface area contributed by atoms with Crippen molar-refractivity contribution in [3.8, 4) is 0 Å². The molecule has 0 bridgehead atoms. The highest BCUT2D eigenvalue weighted by Crippen LogP contribution is 2.26. The summed E-state index contributed by atoms with van der Waals surface area (Å²) in [6, 6.07) is 27.7. The number of rotatable bonds is 17. The van der Waals surface area contributed by atoms with E-state index in [9.17, 15) is 19.5 Å². The number of methoxy groups -OCH3 is 1. The lowest BCUT2D eigenvalue weighted by Gasteiger charge is -2.28. The van der Waals surface area contributed by atoms with E-state index in [1.807, 2.05) is 69.3 Å². The second-order valence-electron chi connectivity index (χ2n) is 13.3. The number of aliphatic hydroxyl groups is 1. The van der Waals surface area contributed by atoms with Crippen LogP contribution >= 0.6 is 0 Å². The van der Waals surface area contributed by atoms with Gasteiger partial charge in [0.2, 0.25) is 18.0 Å². The molecular formula is C40H51N3O5. The molecule has 3 amide bonds. The van der Waals surface area contributed by atoms with E-state index < -0.39 is 30.2 Å². The fourth-order valence-corrected chi connectivity index (χ4v) is 6.12. The van der Waals surface area contributed by atoms with Crippen molar-refractivity contribution in [2.45, 2.75) is 78.2 Å². The maximum Gasteiger partial charge on any atom is 0.270 e. The average Bonchev–Trinajstić information content (AvgIpc) is 3.08. The Hall–Kier alpha value is -4.27. The summed E-state index contributed by atoms with van der Waals surface area (Å²) in [7, 11) is 1.37. The number of ether oxygens (including phenoxy) is 1. The van der Waals surface area contributed by atoms with Crippen LogP contribution in [0.15, 0.2) is 84.9 Å². The first-order chi connectivity index (χ1) is 23.1. The summed E-state index contributed by atoms with van der Waals surface area (Å²) in [6.45, 7) is 8.59. The maximum atomic E-state index is 14.1. The van der Waals surface area contributed by atoms with Gasteiger partial charge in [0.25, 0.3) is 5.91 Å². The molecule has 4 N–H and O–H groups in total. The third-order valence-corrected chi connectivity index (χ3v) is 9.07. The Morgan fingerprint density at radius 1 is 0.750 bits per heavy atom. The molecule has 4 aromatic rings. The van der Waals surface area contributed by atoms with Gasteiger partial charge in [-0.2, -0.15) is 0 Å². The van der Waals surface area contributed by atoms with E-state index in [1.54, 1.807) is 0 Å². The van der Waals surface area contributed by atoms with Gasteiger partial charge in [0.05, 0.1) is 18.6 Å². The van der Waals surface area contributed by atoms with Crippen molar-refractivity contribution in [2.75, 3.05) is 13.7 Å². The van der Waals surface area contributed by atoms with E-state index in [4.69, 9.17) is 4.74 Å². The van der Waals surface area contributed by atoms with Crippen molar-refractivity contribution < 1.29 is 24.2 Å². The summed E-state index contributed by atoms with van der Waals surface area (Å²) in [5.41, 5.74) is 2.08. The summed E-state index contributed by atoms with van der Waals surface area (Å²) >= 11 is 0. The number of amides is 3. The molecule has 4 aromatic carbocycles. The molecule has 0 fully saturated rings. The third-order valence-electron chi connectivity index (χ3n) is 9.07. The van der Waals surface area contributed by atoms with Gasteiger partial charge in [-0.1, -0.05) is 119 Å². The van der Waals surface area contributed by atoms with Crippen LogP contribution in [0.3, 0.4) is 0 Å². The van der Waals surface area contributed by atoms with E-state index in [-0.39, 0.29) is 24.2 Å². The van der Waals surface area contributed by atoms with Crippen LogP contribution in [0.25, 0.3) is 21.5 Å². The van der Waals surface area contributed by atoms with Gasteiger partial charge in [0.15, 0.2) is 0 Å². The molecule has 256 valence electrons. The number of fused-ring (bicyclic) bond motifs is 2. The fraction of sp³-hybridized carbons (Fsp3) is 0.425. The quantitative estimate of drug-likeness (QED) is 0.106. The smallest absolute Gasteiger partial charge is 0.270 e. The molecule has 48 heavy (non-hydrogen) atoms. The van der Waals surface area contributed by atoms with E-state index in [0.717, 1.165) is 39.1 Å². The lowest BCUT2D eigenvalue weighted by atomic mass is 9.88. The van der Waals surface area contributed by atoms with Gasteiger partial charge in [0, 0.05) is 19.6 Å². The number of carbonyl (C=O) groups is 3. The molecule has 0 heterocycles. The first-order valence-electron chi connectivity index (χ1n) is 17.1. The molecule has 8 heteroatoms. The molecule has 0 aromatic heterocycles. The van der Waals surface area contributed by atoms with Crippen molar-refractivity contribution in [3.63, 3.8) is 0 Å². The number of nitrogens with one attached hydrogen (secondary N) is 3. The van der Waals surface area contributed by atoms with Gasteiger partial charge in [-0.15, -0.1) is 0 Å². The van der Waals surface area contributed by atoms with Crippen LogP contribution in [0.1, 0.15) is 58.1 Å². The molecule has 8 nitrogen and oxygen atoms in total. The predicted molar refractivity (Wildman–Crippen MR) is 192 cm³/mol. The standard InChI is InChI=1S/C40H51N3O5/c1-6-27(4)25-41-37(45)24-36(44)35(21-26(2)3)42-39(47)40(48-5)43-38(46)32(22-30-17-11-15-28-13-7-9-19-33(28)30)23-31-18-12-16-29-14-8-10-20-34(29)31/h7-20,26-27,32,35-36,40,44H,6,21-25H2,1-5H3,(H,41,45)(H,42,47)(H,43,46)/t27-,35-,36+,40?/m0/s1. The Balaban J connectivity index is 1.53. The van der Waals surface area contributed by atoms with Crippen LogP contribution < -0.4 is 16.0 Å². The highest BCUT2D eigenvalue weighted by atomic mass is 16.5. The fourth-order valence-electron chi connectivity index (χ4n) is 6.12. The molecule has 0 spiro atoms. The molecular weight excluding hydrogens is 602 g/mol. The molecule has 0 aliphatic carbocycles. The normalized spacial score (nSPS) is 14.1. The van der Waals surface area contributed by atoms with Crippen molar-refractivity contribution in [2.24, 2.45) is 17.8 Å². The first-order valence-corrected chi connectivity index (χ1v) is 17.1. The number of hydrogen-bond donors (Lipinski definition) is 4. The Labute approximate surface area is 284 Å². The minimum Gasteiger partial charge on any atom is -0.390 e. The SMILES string of the molecule is CC[C@H](C)CNC(=O)C[C@@H](O)[C@H](CC(C)C)NC(=O)C(NC(=O)C(Cc1cccc2ccccc12)Cc1cccc2ccccc12)OC. The highest BCUT2D eigenvalue weighted by Gasteiger charge is 2.31. The Bertz CT molecular complexity index is 1580. The van der Waals surface area contributed by atoms with Crippen molar-refractivity contribution in [3.05, 3.63) is 96.1 Å². The van der Waals surface area contributed by atoms with E-state index in [2.05, 4.69) is 59.3 Å². The van der Waals surface area contributed by atoms with Crippen molar-refractivity contribution in [1.82, 2.24) is 16.0 Å². The topological polar surface area (TPSA) is 117 Å². The lowest BCUT2D eigenvalue weighted by molar-refractivity contribution is -0.142. The van der Waals surface area contributed by atoms with Crippen LogP contribution in [-0.2, 0) is 32.0 Å². The van der Waals surface area contributed by atoms with Crippen molar-refractivity contribution >= 4 is 39.3 Å². The molecule has 0 aliphatic rings. The number of carbonyl (C=O) groups excluding carboxylic acids is 3. The zero-order valence-corrected chi connectivity index (χ0v) is 28.9. The lowest BCUT2D eigenvalue weighted by Crippen LogP contribution is -2.55. The number of hydrogen-bond acceptors (Lipinski definition) is 5. The molecule has 4 rings (SSSR count). The first kappa shape index (κ1) is 36.6. The molecule has 0 saturated heterocycles. The Kier molecular flexibility index (Phi) is 13.5. The molecule has 0 aliphatic heterocycles. The Morgan fingerprint density at radius 3 is 1.81 bits per heavy atom. The van der Waals surface area contributed by atoms with Gasteiger partial charge in [-0.25, -0.2) is 0 Å². The van der Waals surface area contributed by atoms with Crippen LogP contribution in [-0.4, -0.2) is 54.9 Å². The largest absolute Gasteiger partial charge is 0.390 e. The van der Waals surface area contributed by atoms with E-state index in [1.165, 1.54) is 7.11 Å². The molecule has 0 saturated carbocycles. The summed E-state index contributed by atoms with van der Waals surface area (Å²) in [5, 5.41) is 23.9. The zero-order chi connectivity index (χ0) is 34.6. The summed E-state index contributed by atoms with van der Waals surface area (Å²) in [6.07, 6.45) is -0.252. The highest BCUT2D eigenvalue weighted by molar-refractivity contribution is 5.91. The van der Waals surface area contributed by atoms with E-state index >= 15 is 0 Å². The summed E-state index contributed by atoms with van der Waals surface area (Å²) in [5.74, 6) is -1.22. The molecule has 4 atom stereocenters. The van der Waals surface area contributed by atoms with E-state index in [0.29, 0.717) is 31.7 Å². The number of benzene rings is 4. The van der Waals surface area contributed by atoms with Crippen LogP contribution in [0.5, 0.6) is 0 Å². The van der Waals surface area contributed by atoms with Crippen LogP contribution in [0, 0.1) is 17.8 Å². The second-order valence-corrected chi connectivity index (χ2v) is 13.3. The monoisotopic (exact) mass is 653 g/mol. The Morgan fingerprint density at radius 2 is 1.29 bits per heavy atom. The maximum absolute atomic E-state index is 14.1. The minimum absolute atomic E-state index is 0.134. The van der Waals surface area contributed by atoms with Crippen molar-refractivity contribution in [1.29, 1.82) is 0 Å². The summed E-state index contributed by atoms with van der Waals surface area (Å²) in [4.78, 5) is 40.2.